The number of allylic oxidation sites excluding steroid dienone is 1. The smallest absolute Gasteiger partial charge is 0.309 e. The number of ketones is 1. The standard InChI is InChI=1S/C17H22O5/c1-8-11-5-6-17(4,22-10(3)18)12-7-13(19)9(2)14(12)15(11)21-16(8)20/h8,11-12,15H,5-7H2,1-4H3/t8-,11+,12-,15-,17-/m1/s1. The van der Waals surface area contributed by atoms with Crippen molar-refractivity contribution < 1.29 is 23.9 Å². The number of fused-ring (bicyclic) bond motifs is 3. The van der Waals surface area contributed by atoms with Gasteiger partial charge in [0.15, 0.2) is 5.78 Å². The van der Waals surface area contributed by atoms with Gasteiger partial charge in [0.2, 0.25) is 0 Å². The molecule has 1 saturated heterocycles. The van der Waals surface area contributed by atoms with Crippen molar-refractivity contribution in [1.82, 2.24) is 0 Å². The summed E-state index contributed by atoms with van der Waals surface area (Å²) in [5.41, 5.74) is 0.863. The van der Waals surface area contributed by atoms with Crippen LogP contribution in [0, 0.1) is 17.8 Å². The average Bonchev–Trinajstić information content (AvgIpc) is 2.82. The normalized spacial score (nSPS) is 40.9. The first-order valence-electron chi connectivity index (χ1n) is 7.88. The van der Waals surface area contributed by atoms with Crippen molar-refractivity contribution in [3.63, 3.8) is 0 Å². The molecular formula is C17H22O5. The molecule has 0 aromatic carbocycles. The Bertz CT molecular complexity index is 590. The number of hydrogen-bond acceptors (Lipinski definition) is 5. The molecular weight excluding hydrogens is 284 g/mol. The molecule has 0 N–H and O–H groups in total. The van der Waals surface area contributed by atoms with Crippen LogP contribution in [0.1, 0.15) is 47.0 Å². The van der Waals surface area contributed by atoms with Gasteiger partial charge in [-0.1, -0.05) is 6.92 Å². The van der Waals surface area contributed by atoms with Gasteiger partial charge in [-0.3, -0.25) is 14.4 Å². The van der Waals surface area contributed by atoms with Crippen molar-refractivity contribution in [2.45, 2.75) is 58.7 Å². The third-order valence-electron chi connectivity index (χ3n) is 5.66. The molecule has 0 aromatic rings. The summed E-state index contributed by atoms with van der Waals surface area (Å²) in [6, 6.07) is 0. The van der Waals surface area contributed by atoms with Gasteiger partial charge in [-0.15, -0.1) is 0 Å². The van der Waals surface area contributed by atoms with E-state index in [9.17, 15) is 14.4 Å². The van der Waals surface area contributed by atoms with Crippen molar-refractivity contribution in [3.8, 4) is 0 Å². The number of carbonyl (C=O) groups is 3. The Hall–Kier alpha value is -1.65. The minimum atomic E-state index is -0.703. The first kappa shape index (κ1) is 15.3. The minimum Gasteiger partial charge on any atom is -0.459 e. The van der Waals surface area contributed by atoms with Crippen LogP contribution in [0.3, 0.4) is 0 Å². The molecule has 5 nitrogen and oxygen atoms in total. The van der Waals surface area contributed by atoms with E-state index in [0.29, 0.717) is 18.4 Å². The second-order valence-electron chi connectivity index (χ2n) is 7.02. The molecule has 22 heavy (non-hydrogen) atoms. The van der Waals surface area contributed by atoms with Gasteiger partial charge in [0, 0.05) is 25.2 Å². The molecule has 0 radical (unpaired) electrons. The summed E-state index contributed by atoms with van der Waals surface area (Å²) in [5.74, 6) is -0.767. The molecule has 1 saturated carbocycles. The van der Waals surface area contributed by atoms with E-state index in [1.807, 2.05) is 13.8 Å². The fraction of sp³-hybridized carbons (Fsp3) is 0.706. The summed E-state index contributed by atoms with van der Waals surface area (Å²) in [4.78, 5) is 35.7. The summed E-state index contributed by atoms with van der Waals surface area (Å²) in [5, 5.41) is 0. The maximum absolute atomic E-state index is 12.2. The highest BCUT2D eigenvalue weighted by Gasteiger charge is 2.56. The SMILES string of the molecule is CC(=O)O[C@]1(C)CC[C@H]2[C@@H](C)C(=O)O[C@H]2C2=C(C)C(=O)C[C@H]21. The third-order valence-corrected chi connectivity index (χ3v) is 5.66. The first-order valence-corrected chi connectivity index (χ1v) is 7.88. The number of esters is 2. The molecule has 0 unspecified atom stereocenters. The van der Waals surface area contributed by atoms with Crippen LogP contribution in [0.2, 0.25) is 0 Å². The van der Waals surface area contributed by atoms with E-state index in [1.54, 1.807) is 6.92 Å². The number of ether oxygens (including phenoxy) is 2. The quantitative estimate of drug-likeness (QED) is 0.695. The molecule has 0 spiro atoms. The zero-order valence-electron chi connectivity index (χ0n) is 13.5. The summed E-state index contributed by atoms with van der Waals surface area (Å²) in [7, 11) is 0. The Morgan fingerprint density at radius 2 is 2.05 bits per heavy atom. The molecule has 1 aliphatic heterocycles. The van der Waals surface area contributed by atoms with Crippen molar-refractivity contribution in [2.75, 3.05) is 0 Å². The van der Waals surface area contributed by atoms with Crippen LogP contribution in [0.4, 0.5) is 0 Å². The zero-order valence-corrected chi connectivity index (χ0v) is 13.5. The highest BCUT2D eigenvalue weighted by molar-refractivity contribution is 5.99. The summed E-state index contributed by atoms with van der Waals surface area (Å²) in [6.45, 7) is 6.97. The summed E-state index contributed by atoms with van der Waals surface area (Å²) >= 11 is 0. The number of rotatable bonds is 1. The topological polar surface area (TPSA) is 69.7 Å². The molecule has 3 rings (SSSR count). The largest absolute Gasteiger partial charge is 0.459 e. The summed E-state index contributed by atoms with van der Waals surface area (Å²) < 4.78 is 11.2. The maximum atomic E-state index is 12.2. The second-order valence-corrected chi connectivity index (χ2v) is 7.02. The van der Waals surface area contributed by atoms with Crippen LogP contribution in [0.25, 0.3) is 0 Å². The van der Waals surface area contributed by atoms with Crippen LogP contribution in [0.5, 0.6) is 0 Å². The molecule has 1 heterocycles. The molecule has 2 fully saturated rings. The van der Waals surface area contributed by atoms with Gasteiger partial charge in [0.25, 0.3) is 0 Å². The lowest BCUT2D eigenvalue weighted by atomic mass is 9.81. The van der Waals surface area contributed by atoms with E-state index in [2.05, 4.69) is 0 Å². The minimum absolute atomic E-state index is 0.0585. The van der Waals surface area contributed by atoms with Gasteiger partial charge in [0.05, 0.1) is 5.92 Å². The number of Topliss-reactive ketones (excluding diaryl/α,β-unsaturated/α-hetero) is 1. The number of carbonyl (C=O) groups excluding carboxylic acids is 3. The van der Waals surface area contributed by atoms with E-state index in [0.717, 1.165) is 12.0 Å². The zero-order chi connectivity index (χ0) is 16.2. The molecule has 0 aromatic heterocycles. The van der Waals surface area contributed by atoms with E-state index in [-0.39, 0.29) is 41.6 Å². The van der Waals surface area contributed by atoms with Crippen LogP contribution in [-0.4, -0.2) is 29.4 Å². The fourth-order valence-electron chi connectivity index (χ4n) is 4.36. The van der Waals surface area contributed by atoms with Crippen LogP contribution < -0.4 is 0 Å². The lowest BCUT2D eigenvalue weighted by Gasteiger charge is -2.35. The first-order chi connectivity index (χ1) is 10.2. The van der Waals surface area contributed by atoms with E-state index in [4.69, 9.17) is 9.47 Å². The molecule has 0 amide bonds. The average molecular weight is 306 g/mol. The van der Waals surface area contributed by atoms with Gasteiger partial charge in [0.1, 0.15) is 11.7 Å². The van der Waals surface area contributed by atoms with Gasteiger partial charge in [-0.2, -0.15) is 0 Å². The fourth-order valence-corrected chi connectivity index (χ4v) is 4.36. The van der Waals surface area contributed by atoms with Gasteiger partial charge < -0.3 is 9.47 Å². The lowest BCUT2D eigenvalue weighted by Crippen LogP contribution is -2.40. The number of hydrogen-bond donors (Lipinski definition) is 0. The van der Waals surface area contributed by atoms with Gasteiger partial charge >= 0.3 is 11.9 Å². The predicted octanol–water partition coefficient (Wildman–Crippen LogP) is 2.19. The van der Waals surface area contributed by atoms with Crippen molar-refractivity contribution >= 4 is 17.7 Å². The van der Waals surface area contributed by atoms with Crippen molar-refractivity contribution in [1.29, 1.82) is 0 Å². The van der Waals surface area contributed by atoms with Crippen LogP contribution in [-0.2, 0) is 23.9 Å². The molecule has 5 heteroatoms. The third kappa shape index (κ3) is 2.09. The maximum Gasteiger partial charge on any atom is 0.309 e. The van der Waals surface area contributed by atoms with Gasteiger partial charge in [-0.05, 0) is 37.8 Å². The molecule has 3 aliphatic rings. The highest BCUT2D eigenvalue weighted by atomic mass is 16.6. The Balaban J connectivity index is 2.07. The van der Waals surface area contributed by atoms with E-state index >= 15 is 0 Å². The van der Waals surface area contributed by atoms with Crippen molar-refractivity contribution in [3.05, 3.63) is 11.1 Å². The van der Waals surface area contributed by atoms with E-state index in [1.165, 1.54) is 6.92 Å². The Morgan fingerprint density at radius 3 is 2.68 bits per heavy atom. The molecule has 120 valence electrons. The predicted molar refractivity (Wildman–Crippen MR) is 77.8 cm³/mol. The van der Waals surface area contributed by atoms with Crippen LogP contribution >= 0.6 is 0 Å². The molecule has 5 atom stereocenters. The van der Waals surface area contributed by atoms with E-state index < -0.39 is 5.60 Å². The monoisotopic (exact) mass is 306 g/mol. The highest BCUT2D eigenvalue weighted by Crippen LogP contribution is 2.52. The molecule has 2 aliphatic carbocycles. The Morgan fingerprint density at radius 1 is 1.36 bits per heavy atom. The summed E-state index contributed by atoms with van der Waals surface area (Å²) in [6.07, 6.45) is 1.39. The van der Waals surface area contributed by atoms with Gasteiger partial charge in [-0.25, -0.2) is 0 Å². The van der Waals surface area contributed by atoms with Crippen molar-refractivity contribution in [2.24, 2.45) is 17.8 Å². The Kier molecular flexibility index (Phi) is 3.42. The second kappa shape index (κ2) is 4.93. The molecule has 0 bridgehead atoms. The van der Waals surface area contributed by atoms with Crippen LogP contribution in [0.15, 0.2) is 11.1 Å². The Labute approximate surface area is 130 Å². The lowest BCUT2D eigenvalue weighted by molar-refractivity contribution is -0.161.